The lowest BCUT2D eigenvalue weighted by molar-refractivity contribution is -0.385. The predicted molar refractivity (Wildman–Crippen MR) is 69.9 cm³/mol. The average Bonchev–Trinajstić information content (AvgIpc) is 2.83. The molecule has 1 aliphatic heterocycles. The van der Waals surface area contributed by atoms with E-state index in [0.29, 0.717) is 13.1 Å². The molecule has 114 valence electrons. The molecule has 0 spiro atoms. The first kappa shape index (κ1) is 14.9. The molecule has 0 bridgehead atoms. The minimum atomic E-state index is -1.49. The number of likely N-dealkylation sites (N-methyl/N-ethyl adjacent to an activating group) is 1. The van der Waals surface area contributed by atoms with Gasteiger partial charge >= 0.3 is 11.7 Å². The zero-order chi connectivity index (χ0) is 15.6. The van der Waals surface area contributed by atoms with Crippen molar-refractivity contribution in [3.63, 3.8) is 0 Å². The second kappa shape index (κ2) is 5.87. The summed E-state index contributed by atoms with van der Waals surface area (Å²) in [4.78, 5) is 36.6. The minimum Gasteiger partial charge on any atom is -0.476 e. The molecule has 1 aliphatic rings. The highest BCUT2D eigenvalue weighted by molar-refractivity contribution is 5.90. The number of carbonyl (C=O) groups excluding carboxylic acids is 1. The molecule has 1 aromatic rings. The van der Waals surface area contributed by atoms with Gasteiger partial charge in [-0.3, -0.25) is 19.6 Å². The van der Waals surface area contributed by atoms with Crippen LogP contribution in [0, 0.1) is 10.1 Å². The maximum atomic E-state index is 12.1. The highest BCUT2D eigenvalue weighted by Gasteiger charge is 2.27. The largest absolute Gasteiger partial charge is 0.476 e. The fraction of sp³-hybridized carbons (Fsp3) is 0.545. The lowest BCUT2D eigenvalue weighted by atomic mass is 10.3. The molecule has 2 heterocycles. The minimum absolute atomic E-state index is 0.210. The Kier molecular flexibility index (Phi) is 4.17. The number of aromatic nitrogens is 2. The van der Waals surface area contributed by atoms with Gasteiger partial charge in [0.25, 0.3) is 0 Å². The van der Waals surface area contributed by atoms with Gasteiger partial charge in [0, 0.05) is 26.2 Å². The first-order valence-corrected chi connectivity index (χ1v) is 6.30. The smallest absolute Gasteiger partial charge is 0.363 e. The molecule has 1 saturated heterocycles. The van der Waals surface area contributed by atoms with Gasteiger partial charge < -0.3 is 14.9 Å². The lowest BCUT2D eigenvalue weighted by Gasteiger charge is -2.32. The van der Waals surface area contributed by atoms with Gasteiger partial charge in [-0.15, -0.1) is 0 Å². The van der Waals surface area contributed by atoms with Gasteiger partial charge in [-0.05, 0) is 7.05 Å². The second-order valence-electron chi connectivity index (χ2n) is 4.81. The van der Waals surface area contributed by atoms with E-state index in [1.54, 1.807) is 4.90 Å². The van der Waals surface area contributed by atoms with E-state index in [1.807, 2.05) is 7.05 Å². The third-order valence-corrected chi connectivity index (χ3v) is 3.29. The zero-order valence-corrected chi connectivity index (χ0v) is 11.4. The highest BCUT2D eigenvalue weighted by atomic mass is 16.6. The Morgan fingerprint density at radius 1 is 1.38 bits per heavy atom. The number of piperazine rings is 1. The molecule has 1 fully saturated rings. The van der Waals surface area contributed by atoms with Gasteiger partial charge in [0.2, 0.25) is 11.6 Å². The Balaban J connectivity index is 2.09. The number of nitro groups is 1. The van der Waals surface area contributed by atoms with E-state index < -0.39 is 22.3 Å². The van der Waals surface area contributed by atoms with Gasteiger partial charge in [-0.25, -0.2) is 4.79 Å². The Bertz CT molecular complexity index is 544. The van der Waals surface area contributed by atoms with Gasteiger partial charge in [0.1, 0.15) is 12.7 Å². The van der Waals surface area contributed by atoms with Crippen molar-refractivity contribution in [3.8, 4) is 0 Å². The van der Waals surface area contributed by atoms with Crippen LogP contribution in [0.5, 0.6) is 0 Å². The van der Waals surface area contributed by atoms with Crippen molar-refractivity contribution in [3.05, 3.63) is 22.0 Å². The van der Waals surface area contributed by atoms with Crippen molar-refractivity contribution in [2.45, 2.75) is 6.54 Å². The molecule has 10 heteroatoms. The summed E-state index contributed by atoms with van der Waals surface area (Å²) < 4.78 is 1.00. The molecule has 21 heavy (non-hydrogen) atoms. The number of nitrogens with zero attached hydrogens (tertiary/aromatic N) is 5. The van der Waals surface area contributed by atoms with Gasteiger partial charge in [0.05, 0.1) is 4.92 Å². The first-order valence-electron chi connectivity index (χ1n) is 6.30. The monoisotopic (exact) mass is 297 g/mol. The molecule has 0 saturated carbocycles. The maximum absolute atomic E-state index is 12.1. The van der Waals surface area contributed by atoms with Gasteiger partial charge in [-0.2, -0.15) is 5.10 Å². The molecule has 0 radical (unpaired) electrons. The fourth-order valence-electron chi connectivity index (χ4n) is 2.07. The van der Waals surface area contributed by atoms with Gasteiger partial charge in [-0.1, -0.05) is 0 Å². The summed E-state index contributed by atoms with van der Waals surface area (Å²) in [6.45, 7) is 2.45. The van der Waals surface area contributed by atoms with Crippen LogP contribution in [0.1, 0.15) is 10.5 Å². The number of carboxylic acids is 1. The van der Waals surface area contributed by atoms with Crippen LogP contribution in [-0.4, -0.2) is 74.7 Å². The standard InChI is InChI=1S/C11H15N5O5/c1-13-2-4-14(5-3-13)9(17)7-15-6-8(16(20)21)10(12-15)11(18)19/h6H,2-5,7H2,1H3,(H,18,19). The molecule has 0 atom stereocenters. The molecule has 1 amide bonds. The number of hydrogen-bond donors (Lipinski definition) is 1. The van der Waals surface area contributed by atoms with E-state index in [-0.39, 0.29) is 12.5 Å². The van der Waals surface area contributed by atoms with E-state index in [0.717, 1.165) is 24.0 Å². The van der Waals surface area contributed by atoms with Crippen LogP contribution >= 0.6 is 0 Å². The number of amides is 1. The molecule has 2 rings (SSSR count). The quantitative estimate of drug-likeness (QED) is 0.574. The molecular formula is C11H15N5O5. The summed E-state index contributed by atoms with van der Waals surface area (Å²) in [5.41, 5.74) is -1.28. The van der Waals surface area contributed by atoms with Crippen LogP contribution in [-0.2, 0) is 11.3 Å². The Hall–Kier alpha value is -2.49. The van der Waals surface area contributed by atoms with Crippen LogP contribution < -0.4 is 0 Å². The van der Waals surface area contributed by atoms with E-state index in [9.17, 15) is 19.7 Å². The first-order chi connectivity index (χ1) is 9.88. The third-order valence-electron chi connectivity index (χ3n) is 3.29. The molecule has 1 N–H and O–H groups in total. The van der Waals surface area contributed by atoms with Crippen molar-refractivity contribution < 1.29 is 19.6 Å². The van der Waals surface area contributed by atoms with E-state index in [2.05, 4.69) is 10.00 Å². The van der Waals surface area contributed by atoms with Crippen LogP contribution in [0.25, 0.3) is 0 Å². The average molecular weight is 297 g/mol. The number of aromatic carboxylic acids is 1. The SMILES string of the molecule is CN1CCN(C(=O)Cn2cc([N+](=O)[O-])c(C(=O)O)n2)CC1. The van der Waals surface area contributed by atoms with E-state index >= 15 is 0 Å². The third kappa shape index (κ3) is 3.34. The summed E-state index contributed by atoms with van der Waals surface area (Å²) in [5.74, 6) is -1.73. The van der Waals surface area contributed by atoms with Crippen LogP contribution in [0.2, 0.25) is 0 Å². The van der Waals surface area contributed by atoms with Gasteiger partial charge in [0.15, 0.2) is 0 Å². The predicted octanol–water partition coefficient (Wildman–Crippen LogP) is -0.736. The Morgan fingerprint density at radius 2 is 2.00 bits per heavy atom. The molecule has 0 aliphatic carbocycles. The number of hydrogen-bond acceptors (Lipinski definition) is 6. The Labute approximate surface area is 119 Å². The summed E-state index contributed by atoms with van der Waals surface area (Å²) >= 11 is 0. The van der Waals surface area contributed by atoms with E-state index in [1.165, 1.54) is 0 Å². The van der Waals surface area contributed by atoms with Crippen molar-refractivity contribution in [2.24, 2.45) is 0 Å². The Morgan fingerprint density at radius 3 is 2.48 bits per heavy atom. The summed E-state index contributed by atoms with van der Waals surface area (Å²) in [7, 11) is 1.96. The topological polar surface area (TPSA) is 122 Å². The van der Waals surface area contributed by atoms with Crippen molar-refractivity contribution in [1.29, 1.82) is 0 Å². The lowest BCUT2D eigenvalue weighted by Crippen LogP contribution is -2.48. The summed E-state index contributed by atoms with van der Waals surface area (Å²) in [5, 5.41) is 23.2. The number of carbonyl (C=O) groups is 2. The molecule has 10 nitrogen and oxygen atoms in total. The second-order valence-corrected chi connectivity index (χ2v) is 4.81. The number of rotatable bonds is 4. The van der Waals surface area contributed by atoms with Crippen LogP contribution in [0.4, 0.5) is 5.69 Å². The molecular weight excluding hydrogens is 282 g/mol. The molecule has 1 aromatic heterocycles. The van der Waals surface area contributed by atoms with Crippen molar-refractivity contribution >= 4 is 17.6 Å². The van der Waals surface area contributed by atoms with Crippen molar-refractivity contribution in [2.75, 3.05) is 33.2 Å². The number of carboxylic acid groups (broad SMARTS) is 1. The fourth-order valence-corrected chi connectivity index (χ4v) is 2.07. The van der Waals surface area contributed by atoms with E-state index in [4.69, 9.17) is 5.11 Å². The zero-order valence-electron chi connectivity index (χ0n) is 11.4. The highest BCUT2D eigenvalue weighted by Crippen LogP contribution is 2.16. The summed E-state index contributed by atoms with van der Waals surface area (Å²) in [6, 6.07) is 0. The summed E-state index contributed by atoms with van der Waals surface area (Å²) in [6.07, 6.45) is 0.970. The van der Waals surface area contributed by atoms with Crippen LogP contribution in [0.15, 0.2) is 6.20 Å². The van der Waals surface area contributed by atoms with Crippen molar-refractivity contribution in [1.82, 2.24) is 19.6 Å². The normalized spacial score (nSPS) is 16.0. The molecule has 0 aromatic carbocycles. The van der Waals surface area contributed by atoms with Crippen LogP contribution in [0.3, 0.4) is 0 Å². The maximum Gasteiger partial charge on any atom is 0.363 e. The molecule has 0 unspecified atom stereocenters.